The Kier molecular flexibility index (Phi) is 9.27. The fourth-order valence-corrected chi connectivity index (χ4v) is 9.83. The summed E-state index contributed by atoms with van der Waals surface area (Å²) in [7, 11) is 0. The Hall–Kier alpha value is -6.34. The molecular weight excluding hydrogens is 775 g/mol. The van der Waals surface area contributed by atoms with E-state index in [2.05, 4.69) is 24.3 Å². The summed E-state index contributed by atoms with van der Waals surface area (Å²) in [5.41, 5.74) is 7.48. The lowest BCUT2D eigenvalue weighted by molar-refractivity contribution is -0.135. The van der Waals surface area contributed by atoms with Gasteiger partial charge in [0.1, 0.15) is 11.5 Å². The van der Waals surface area contributed by atoms with Gasteiger partial charge in [0.05, 0.1) is 22.4 Å². The molecule has 0 aliphatic heterocycles. The molecule has 0 radical (unpaired) electrons. The minimum absolute atomic E-state index is 0.0878. The van der Waals surface area contributed by atoms with Gasteiger partial charge in [0.25, 0.3) is 0 Å². The van der Waals surface area contributed by atoms with Crippen LogP contribution in [0.5, 0.6) is 11.5 Å². The molecule has 6 aromatic carbocycles. The van der Waals surface area contributed by atoms with Crippen LogP contribution in [0.15, 0.2) is 158 Å². The lowest BCUT2D eigenvalue weighted by Gasteiger charge is -2.42. The number of aromatic nitrogens is 2. The number of hydrogen-bond acceptors (Lipinski definition) is 6. The molecule has 2 aliphatic rings. The van der Waals surface area contributed by atoms with Gasteiger partial charge in [-0.15, -0.1) is 0 Å². The van der Waals surface area contributed by atoms with E-state index in [0.29, 0.717) is 40.8 Å². The summed E-state index contributed by atoms with van der Waals surface area (Å²) in [6, 6.07) is 50.8. The summed E-state index contributed by atoms with van der Waals surface area (Å²) in [6.07, 6.45) is 1.33. The van der Waals surface area contributed by atoms with Crippen LogP contribution in [0, 0.1) is 0 Å². The number of pyridine rings is 2. The lowest BCUT2D eigenvalue weighted by Crippen LogP contribution is -2.39. The highest BCUT2D eigenvalue weighted by atomic mass is 35.5. The second kappa shape index (κ2) is 14.8. The zero-order chi connectivity index (χ0) is 40.1. The number of benzene rings is 6. The highest BCUT2D eigenvalue weighted by molar-refractivity contribution is 6.31. The third-order valence-electron chi connectivity index (χ3n) is 12.0. The highest BCUT2D eigenvalue weighted by Gasteiger charge is 2.54. The number of hydrogen-bond donors (Lipinski definition) is 0. The van der Waals surface area contributed by atoms with Gasteiger partial charge in [-0.1, -0.05) is 108 Å². The molecule has 0 amide bonds. The van der Waals surface area contributed by atoms with Crippen LogP contribution in [0.4, 0.5) is 0 Å². The van der Waals surface area contributed by atoms with Crippen LogP contribution in [-0.2, 0) is 20.4 Å². The molecule has 8 aromatic rings. The molecule has 288 valence electrons. The first-order valence-corrected chi connectivity index (χ1v) is 20.5. The van der Waals surface area contributed by atoms with Gasteiger partial charge in [-0.05, 0) is 114 Å². The molecule has 2 aromatic heterocycles. The number of carbonyl (C=O) groups excluding carboxylic acids is 2. The van der Waals surface area contributed by atoms with Gasteiger partial charge < -0.3 is 9.47 Å². The predicted molar refractivity (Wildman–Crippen MR) is 233 cm³/mol. The van der Waals surface area contributed by atoms with Crippen molar-refractivity contribution in [1.82, 2.24) is 9.97 Å². The van der Waals surface area contributed by atoms with E-state index >= 15 is 0 Å². The monoisotopic (exact) mass is 810 g/mol. The smallest absolute Gasteiger partial charge is 0.311 e. The lowest BCUT2D eigenvalue weighted by atomic mass is 9.60. The molecule has 59 heavy (non-hydrogen) atoms. The molecule has 0 fully saturated rings. The van der Waals surface area contributed by atoms with Gasteiger partial charge in [0, 0.05) is 55.6 Å². The van der Waals surface area contributed by atoms with Crippen molar-refractivity contribution in [1.29, 1.82) is 0 Å². The quantitative estimate of drug-likeness (QED) is 0.101. The molecule has 2 heterocycles. The van der Waals surface area contributed by atoms with Gasteiger partial charge >= 0.3 is 11.9 Å². The van der Waals surface area contributed by atoms with E-state index < -0.39 is 10.8 Å². The molecule has 10 rings (SSSR count). The van der Waals surface area contributed by atoms with Crippen LogP contribution < -0.4 is 9.47 Å². The van der Waals surface area contributed by atoms with E-state index in [-0.39, 0.29) is 24.8 Å². The fraction of sp³-hybridized carbons (Fsp3) is 0.137. The van der Waals surface area contributed by atoms with Crippen LogP contribution in [0.1, 0.15) is 54.4 Å². The molecule has 0 N–H and O–H groups in total. The number of rotatable bonds is 10. The van der Waals surface area contributed by atoms with Crippen LogP contribution in [0.2, 0.25) is 10.0 Å². The Morgan fingerprint density at radius 3 is 1.32 bits per heavy atom. The van der Waals surface area contributed by atoms with Gasteiger partial charge in [-0.3, -0.25) is 9.59 Å². The topological polar surface area (TPSA) is 78.4 Å². The predicted octanol–water partition coefficient (Wildman–Crippen LogP) is 12.5. The first-order valence-electron chi connectivity index (χ1n) is 19.7. The zero-order valence-electron chi connectivity index (χ0n) is 31.8. The largest absolute Gasteiger partial charge is 0.427 e. The Morgan fingerprint density at radius 2 is 0.881 bits per heavy atom. The van der Waals surface area contributed by atoms with E-state index in [1.807, 2.05) is 109 Å². The summed E-state index contributed by atoms with van der Waals surface area (Å²) in [4.78, 5) is 38.5. The van der Waals surface area contributed by atoms with Gasteiger partial charge in [0.2, 0.25) is 0 Å². The summed E-state index contributed by atoms with van der Waals surface area (Å²) < 4.78 is 11.9. The maximum absolute atomic E-state index is 14.0. The molecule has 0 saturated carbocycles. The van der Waals surface area contributed by atoms with Crippen molar-refractivity contribution in [3.63, 3.8) is 0 Å². The second-order valence-electron chi connectivity index (χ2n) is 15.4. The van der Waals surface area contributed by atoms with E-state index in [1.54, 1.807) is 24.3 Å². The van der Waals surface area contributed by atoms with E-state index in [1.165, 1.54) is 0 Å². The Bertz CT molecular complexity index is 2760. The Balaban J connectivity index is 1.21. The van der Waals surface area contributed by atoms with Crippen LogP contribution in [-0.4, -0.2) is 21.9 Å². The summed E-state index contributed by atoms with van der Waals surface area (Å²) >= 11 is 13.9. The molecular formula is C51H36Cl2N2O4. The number of ether oxygens (including phenoxy) is 2. The molecule has 0 saturated heterocycles. The minimum atomic E-state index is -0.863. The molecule has 0 spiro atoms. The van der Waals surface area contributed by atoms with Crippen molar-refractivity contribution in [3.05, 3.63) is 190 Å². The average Bonchev–Trinajstić information content (AvgIpc) is 3.65. The third kappa shape index (κ3) is 6.53. The fourth-order valence-electron chi connectivity index (χ4n) is 9.48. The van der Waals surface area contributed by atoms with Gasteiger partial charge in [-0.2, -0.15) is 0 Å². The number of fused-ring (bicyclic) bond motifs is 8. The number of para-hydroxylation sites is 4. The second-order valence-corrected chi connectivity index (χ2v) is 16.3. The SMILES string of the molecule is O=C(CCC1(CC2(CCC(=O)Oc3ccccc3)c3cc(Cl)ccc3-c3nc4ccccc4cc32)c2cc(Cl)ccc2-c2nc3ccccc3cc21)Oc1ccccc1. The molecule has 0 bridgehead atoms. The minimum Gasteiger partial charge on any atom is -0.427 e. The van der Waals surface area contributed by atoms with E-state index in [9.17, 15) is 9.59 Å². The number of esters is 2. The highest BCUT2D eigenvalue weighted by Crippen LogP contribution is 2.62. The summed E-state index contributed by atoms with van der Waals surface area (Å²) in [5.74, 6) is 0.248. The molecule has 8 heteroatoms. The van der Waals surface area contributed by atoms with Crippen molar-refractivity contribution in [2.75, 3.05) is 0 Å². The third-order valence-corrected chi connectivity index (χ3v) is 12.5. The molecule has 2 atom stereocenters. The van der Waals surface area contributed by atoms with Crippen LogP contribution in [0.3, 0.4) is 0 Å². The maximum Gasteiger partial charge on any atom is 0.311 e. The van der Waals surface area contributed by atoms with E-state index in [4.69, 9.17) is 42.6 Å². The first-order chi connectivity index (χ1) is 28.8. The molecule has 2 aliphatic carbocycles. The van der Waals surface area contributed by atoms with Gasteiger partial charge in [-0.25, -0.2) is 9.97 Å². The standard InChI is InChI=1S/C51H36Cl2N2O4/c52-34-19-21-38-40(29-34)50(25-23-46(56)58-36-13-3-1-4-14-36,42-27-32-11-7-9-17-44(32)54-48(38)42)31-51(26-24-47(57)59-37-15-5-2-6-16-37)41-30-35(53)20-22-39(41)49-43(51)28-33-12-8-10-18-45(33)55-49/h1-22,27-30H,23-26,31H2. The Morgan fingerprint density at radius 1 is 0.475 bits per heavy atom. The zero-order valence-corrected chi connectivity index (χ0v) is 33.3. The van der Waals surface area contributed by atoms with Crippen molar-refractivity contribution in [2.45, 2.75) is 42.9 Å². The number of halogens is 2. The van der Waals surface area contributed by atoms with Crippen molar-refractivity contribution < 1.29 is 19.1 Å². The van der Waals surface area contributed by atoms with Gasteiger partial charge in [0.15, 0.2) is 0 Å². The molecule has 6 nitrogen and oxygen atoms in total. The number of nitrogens with zero attached hydrogens (tertiary/aromatic N) is 2. The van der Waals surface area contributed by atoms with Crippen LogP contribution >= 0.6 is 23.2 Å². The summed E-state index contributed by atoms with van der Waals surface area (Å²) in [6.45, 7) is 0. The van der Waals surface area contributed by atoms with Crippen LogP contribution in [0.25, 0.3) is 44.3 Å². The summed E-state index contributed by atoms with van der Waals surface area (Å²) in [5, 5.41) is 3.09. The number of carbonyl (C=O) groups is 2. The van der Waals surface area contributed by atoms with Crippen molar-refractivity contribution >= 4 is 56.9 Å². The molecule has 2 unspecified atom stereocenters. The van der Waals surface area contributed by atoms with Crippen molar-refractivity contribution in [3.8, 4) is 34.0 Å². The van der Waals surface area contributed by atoms with E-state index in [0.717, 1.165) is 66.6 Å². The first kappa shape index (κ1) is 37.0. The maximum atomic E-state index is 14.0. The normalized spacial score (nSPS) is 17.3. The Labute approximate surface area is 351 Å². The average molecular weight is 812 g/mol. The van der Waals surface area contributed by atoms with Crippen molar-refractivity contribution in [2.24, 2.45) is 0 Å².